The molecule has 0 amide bonds. The van der Waals surface area contributed by atoms with E-state index in [1.54, 1.807) is 28.6 Å². The summed E-state index contributed by atoms with van der Waals surface area (Å²) in [4.78, 5) is 0.365. The van der Waals surface area contributed by atoms with E-state index in [2.05, 4.69) is 0 Å². The van der Waals surface area contributed by atoms with Crippen LogP contribution in [0.4, 0.5) is 5.69 Å². The van der Waals surface area contributed by atoms with Gasteiger partial charge in [0.15, 0.2) is 0 Å². The molecule has 0 saturated heterocycles. The lowest BCUT2D eigenvalue weighted by Gasteiger charge is -2.35. The first-order valence-electron chi connectivity index (χ1n) is 7.84. The fourth-order valence-electron chi connectivity index (χ4n) is 3.14. The molecule has 0 radical (unpaired) electrons. The first-order valence-corrected chi connectivity index (χ1v) is 9.28. The Balaban J connectivity index is 2.05. The summed E-state index contributed by atoms with van der Waals surface area (Å²) < 4.78 is 28.0. The zero-order valence-electron chi connectivity index (χ0n) is 12.6. The van der Waals surface area contributed by atoms with Gasteiger partial charge in [0.05, 0.1) is 10.6 Å². The summed E-state index contributed by atoms with van der Waals surface area (Å²) in [6.07, 6.45) is 5.25. The van der Waals surface area contributed by atoms with Crippen LogP contribution in [0.1, 0.15) is 32.1 Å². The fraction of sp³-hybridized carbons (Fsp3) is 0.333. The maximum absolute atomic E-state index is 13.2. The number of benzene rings is 2. The number of rotatable bonds is 4. The topological polar surface area (TPSA) is 37.4 Å². The van der Waals surface area contributed by atoms with Gasteiger partial charge in [-0.2, -0.15) is 0 Å². The third-order valence-electron chi connectivity index (χ3n) is 4.22. The lowest BCUT2D eigenvalue weighted by molar-refractivity contribution is 0.438. The molecule has 0 bridgehead atoms. The highest BCUT2D eigenvalue weighted by Gasteiger charge is 2.32. The van der Waals surface area contributed by atoms with Crippen LogP contribution in [0.3, 0.4) is 0 Å². The molecule has 3 rings (SSSR count). The Labute approximate surface area is 132 Å². The van der Waals surface area contributed by atoms with Crippen molar-refractivity contribution >= 4 is 15.7 Å². The van der Waals surface area contributed by atoms with Crippen molar-refractivity contribution in [2.24, 2.45) is 0 Å². The molecule has 3 nitrogen and oxygen atoms in total. The first kappa shape index (κ1) is 15.1. The summed E-state index contributed by atoms with van der Waals surface area (Å²) >= 11 is 0. The monoisotopic (exact) mass is 315 g/mol. The number of anilines is 1. The number of sulfonamides is 1. The van der Waals surface area contributed by atoms with Crippen molar-refractivity contribution in [2.75, 3.05) is 4.31 Å². The van der Waals surface area contributed by atoms with Crippen molar-refractivity contribution < 1.29 is 8.42 Å². The molecular weight excluding hydrogens is 294 g/mol. The van der Waals surface area contributed by atoms with Crippen LogP contribution in [-0.4, -0.2) is 14.5 Å². The molecule has 0 aromatic heterocycles. The second kappa shape index (κ2) is 6.53. The summed E-state index contributed by atoms with van der Waals surface area (Å²) in [6, 6.07) is 18.3. The van der Waals surface area contributed by atoms with E-state index >= 15 is 0 Å². The quantitative estimate of drug-likeness (QED) is 0.847. The zero-order chi connectivity index (χ0) is 15.4. The summed E-state index contributed by atoms with van der Waals surface area (Å²) in [5.41, 5.74) is 0.762. The Morgan fingerprint density at radius 2 is 1.32 bits per heavy atom. The van der Waals surface area contributed by atoms with Crippen LogP contribution >= 0.6 is 0 Å². The molecule has 0 heterocycles. The Morgan fingerprint density at radius 3 is 1.91 bits per heavy atom. The van der Waals surface area contributed by atoms with Crippen LogP contribution in [-0.2, 0) is 10.0 Å². The maximum atomic E-state index is 13.2. The minimum absolute atomic E-state index is 0.0568. The molecule has 116 valence electrons. The molecule has 1 aliphatic carbocycles. The van der Waals surface area contributed by atoms with E-state index in [1.807, 2.05) is 36.4 Å². The third-order valence-corrected chi connectivity index (χ3v) is 6.11. The van der Waals surface area contributed by atoms with Gasteiger partial charge in [-0.1, -0.05) is 55.7 Å². The Kier molecular flexibility index (Phi) is 4.48. The van der Waals surface area contributed by atoms with Gasteiger partial charge in [-0.25, -0.2) is 8.42 Å². The average Bonchev–Trinajstić information content (AvgIpc) is 2.58. The number of para-hydroxylation sites is 1. The number of nitrogens with zero attached hydrogens (tertiary/aromatic N) is 1. The molecule has 4 heteroatoms. The fourth-order valence-corrected chi connectivity index (χ4v) is 4.87. The Morgan fingerprint density at radius 1 is 0.773 bits per heavy atom. The minimum Gasteiger partial charge on any atom is -0.263 e. The molecular formula is C18H21NO2S. The minimum atomic E-state index is -3.52. The SMILES string of the molecule is O=S(=O)(c1ccccc1)N(c1ccccc1)C1CCCCC1. The molecule has 0 spiro atoms. The molecule has 0 N–H and O–H groups in total. The summed E-state index contributed by atoms with van der Waals surface area (Å²) in [7, 11) is -3.52. The van der Waals surface area contributed by atoms with E-state index in [0.29, 0.717) is 4.90 Å². The van der Waals surface area contributed by atoms with Crippen molar-refractivity contribution in [3.63, 3.8) is 0 Å². The van der Waals surface area contributed by atoms with Crippen molar-refractivity contribution in [3.05, 3.63) is 60.7 Å². The maximum Gasteiger partial charge on any atom is 0.264 e. The molecule has 2 aromatic carbocycles. The molecule has 0 atom stereocenters. The average molecular weight is 315 g/mol. The van der Waals surface area contributed by atoms with Crippen LogP contribution in [0.25, 0.3) is 0 Å². The van der Waals surface area contributed by atoms with Gasteiger partial charge in [0.2, 0.25) is 0 Å². The van der Waals surface area contributed by atoms with Crippen molar-refractivity contribution in [3.8, 4) is 0 Å². The molecule has 22 heavy (non-hydrogen) atoms. The number of hydrogen-bond acceptors (Lipinski definition) is 2. The summed E-state index contributed by atoms with van der Waals surface area (Å²) in [6.45, 7) is 0. The van der Waals surface area contributed by atoms with Gasteiger partial charge in [0.25, 0.3) is 10.0 Å². The van der Waals surface area contributed by atoms with E-state index in [9.17, 15) is 8.42 Å². The van der Waals surface area contributed by atoms with Crippen LogP contribution in [0.5, 0.6) is 0 Å². The van der Waals surface area contributed by atoms with E-state index in [-0.39, 0.29) is 6.04 Å². The van der Waals surface area contributed by atoms with Crippen molar-refractivity contribution in [2.45, 2.75) is 43.0 Å². The molecule has 1 fully saturated rings. The zero-order valence-corrected chi connectivity index (χ0v) is 13.4. The summed E-state index contributed by atoms with van der Waals surface area (Å²) in [5.74, 6) is 0. The Bertz CT molecular complexity index is 692. The molecule has 0 unspecified atom stereocenters. The normalized spacial score (nSPS) is 16.4. The molecule has 0 aliphatic heterocycles. The van der Waals surface area contributed by atoms with Crippen LogP contribution in [0, 0.1) is 0 Å². The molecule has 2 aromatic rings. The van der Waals surface area contributed by atoms with Gasteiger partial charge >= 0.3 is 0 Å². The van der Waals surface area contributed by atoms with Gasteiger partial charge in [-0.15, -0.1) is 0 Å². The van der Waals surface area contributed by atoms with E-state index in [4.69, 9.17) is 0 Å². The predicted octanol–water partition coefficient (Wildman–Crippen LogP) is 4.21. The van der Waals surface area contributed by atoms with Crippen LogP contribution < -0.4 is 4.31 Å². The summed E-state index contributed by atoms with van der Waals surface area (Å²) in [5, 5.41) is 0. The van der Waals surface area contributed by atoms with Crippen molar-refractivity contribution in [1.82, 2.24) is 0 Å². The lowest BCUT2D eigenvalue weighted by atomic mass is 9.95. The van der Waals surface area contributed by atoms with E-state index in [1.165, 1.54) is 6.42 Å². The van der Waals surface area contributed by atoms with Gasteiger partial charge in [0, 0.05) is 6.04 Å². The lowest BCUT2D eigenvalue weighted by Crippen LogP contribution is -2.41. The van der Waals surface area contributed by atoms with Crippen molar-refractivity contribution in [1.29, 1.82) is 0 Å². The molecule has 1 aliphatic rings. The Hall–Kier alpha value is -1.81. The first-order chi connectivity index (χ1) is 10.7. The highest BCUT2D eigenvalue weighted by Crippen LogP contribution is 2.32. The van der Waals surface area contributed by atoms with Crippen LogP contribution in [0.2, 0.25) is 0 Å². The van der Waals surface area contributed by atoms with Gasteiger partial charge in [0.1, 0.15) is 0 Å². The van der Waals surface area contributed by atoms with E-state index in [0.717, 1.165) is 31.4 Å². The number of hydrogen-bond donors (Lipinski definition) is 0. The predicted molar refractivity (Wildman–Crippen MR) is 89.4 cm³/mol. The second-order valence-electron chi connectivity index (χ2n) is 5.74. The van der Waals surface area contributed by atoms with Gasteiger partial charge < -0.3 is 0 Å². The smallest absolute Gasteiger partial charge is 0.263 e. The highest BCUT2D eigenvalue weighted by atomic mass is 32.2. The standard InChI is InChI=1S/C18H21NO2S/c20-22(21,18-14-8-3-9-15-18)19(16-10-4-1-5-11-16)17-12-6-2-7-13-17/h1,3-5,8-11,14-15,17H,2,6-7,12-13H2. The third kappa shape index (κ3) is 3.02. The van der Waals surface area contributed by atoms with Crippen LogP contribution in [0.15, 0.2) is 65.6 Å². The van der Waals surface area contributed by atoms with E-state index < -0.39 is 10.0 Å². The van der Waals surface area contributed by atoms with Gasteiger partial charge in [-0.3, -0.25) is 4.31 Å². The van der Waals surface area contributed by atoms with Gasteiger partial charge in [-0.05, 0) is 37.1 Å². The largest absolute Gasteiger partial charge is 0.264 e. The second-order valence-corrected chi connectivity index (χ2v) is 7.56. The molecule has 1 saturated carbocycles. The highest BCUT2D eigenvalue weighted by molar-refractivity contribution is 7.92.